The minimum absolute atomic E-state index is 0.397. The van der Waals surface area contributed by atoms with Gasteiger partial charge in [-0.3, -0.25) is 4.79 Å². The van der Waals surface area contributed by atoms with E-state index in [2.05, 4.69) is 22.3 Å². The molecule has 0 saturated carbocycles. The Morgan fingerprint density at radius 1 is 1.12 bits per heavy atom. The SMILES string of the molecule is COC(=O)C(Cc1ccc(N(C)Cc2ccccc2)cc1)NC=O. The van der Waals surface area contributed by atoms with Crippen LogP contribution in [0.2, 0.25) is 0 Å². The quantitative estimate of drug-likeness (QED) is 0.596. The summed E-state index contributed by atoms with van der Waals surface area (Å²) in [6, 6.07) is 17.5. The van der Waals surface area contributed by atoms with Gasteiger partial charge < -0.3 is 15.0 Å². The minimum atomic E-state index is -0.666. The van der Waals surface area contributed by atoms with Crippen molar-refractivity contribution >= 4 is 18.1 Å². The summed E-state index contributed by atoms with van der Waals surface area (Å²) in [5.74, 6) is -0.452. The zero-order chi connectivity index (χ0) is 17.4. The van der Waals surface area contributed by atoms with Crippen molar-refractivity contribution in [2.24, 2.45) is 0 Å². The molecule has 1 atom stereocenters. The highest BCUT2D eigenvalue weighted by atomic mass is 16.5. The van der Waals surface area contributed by atoms with Gasteiger partial charge in [0.05, 0.1) is 7.11 Å². The summed E-state index contributed by atoms with van der Waals surface area (Å²) in [4.78, 5) is 24.4. The Bertz CT molecular complexity index is 656. The molecule has 2 aromatic rings. The van der Waals surface area contributed by atoms with E-state index in [0.717, 1.165) is 17.8 Å². The number of carbonyl (C=O) groups is 2. The molecule has 0 aliphatic rings. The zero-order valence-corrected chi connectivity index (χ0v) is 13.9. The van der Waals surface area contributed by atoms with Gasteiger partial charge in [0.15, 0.2) is 0 Å². The Morgan fingerprint density at radius 3 is 2.38 bits per heavy atom. The van der Waals surface area contributed by atoms with Crippen molar-refractivity contribution in [2.45, 2.75) is 19.0 Å². The largest absolute Gasteiger partial charge is 0.467 e. The first kappa shape index (κ1) is 17.5. The predicted molar refractivity (Wildman–Crippen MR) is 93.7 cm³/mol. The van der Waals surface area contributed by atoms with Gasteiger partial charge in [-0.05, 0) is 23.3 Å². The molecule has 0 aliphatic heterocycles. The smallest absolute Gasteiger partial charge is 0.328 e. The molecule has 0 bridgehead atoms. The van der Waals surface area contributed by atoms with Crippen LogP contribution in [0.4, 0.5) is 5.69 Å². The molecule has 5 heteroatoms. The number of amides is 1. The highest BCUT2D eigenvalue weighted by Gasteiger charge is 2.18. The van der Waals surface area contributed by atoms with E-state index >= 15 is 0 Å². The average molecular weight is 326 g/mol. The van der Waals surface area contributed by atoms with Crippen molar-refractivity contribution < 1.29 is 14.3 Å². The molecule has 126 valence electrons. The molecule has 0 aliphatic carbocycles. The minimum Gasteiger partial charge on any atom is -0.467 e. The maximum Gasteiger partial charge on any atom is 0.328 e. The van der Waals surface area contributed by atoms with Crippen LogP contribution < -0.4 is 10.2 Å². The summed E-state index contributed by atoms with van der Waals surface area (Å²) >= 11 is 0. The van der Waals surface area contributed by atoms with Crippen molar-refractivity contribution in [3.8, 4) is 0 Å². The molecule has 0 aromatic heterocycles. The van der Waals surface area contributed by atoms with Gasteiger partial charge in [0.2, 0.25) is 6.41 Å². The van der Waals surface area contributed by atoms with Crippen LogP contribution in [0.25, 0.3) is 0 Å². The lowest BCUT2D eigenvalue weighted by atomic mass is 10.1. The van der Waals surface area contributed by atoms with E-state index < -0.39 is 12.0 Å². The van der Waals surface area contributed by atoms with Gasteiger partial charge in [-0.25, -0.2) is 4.79 Å². The lowest BCUT2D eigenvalue weighted by Crippen LogP contribution is -2.38. The lowest BCUT2D eigenvalue weighted by molar-refractivity contribution is -0.144. The van der Waals surface area contributed by atoms with E-state index in [0.29, 0.717) is 12.8 Å². The molecule has 5 nitrogen and oxygen atoms in total. The molecule has 2 rings (SSSR count). The van der Waals surface area contributed by atoms with Crippen molar-refractivity contribution in [1.82, 2.24) is 5.32 Å². The van der Waals surface area contributed by atoms with Crippen LogP contribution in [-0.2, 0) is 27.3 Å². The molecule has 1 amide bonds. The average Bonchev–Trinajstić information content (AvgIpc) is 2.62. The van der Waals surface area contributed by atoms with Crippen molar-refractivity contribution in [1.29, 1.82) is 0 Å². The maximum atomic E-state index is 11.6. The fourth-order valence-corrected chi connectivity index (χ4v) is 2.51. The van der Waals surface area contributed by atoms with E-state index in [-0.39, 0.29) is 0 Å². The number of hydrogen-bond acceptors (Lipinski definition) is 4. The molecule has 2 aromatic carbocycles. The maximum absolute atomic E-state index is 11.6. The van der Waals surface area contributed by atoms with Gasteiger partial charge in [0.25, 0.3) is 0 Å². The number of esters is 1. The summed E-state index contributed by atoms with van der Waals surface area (Å²) in [7, 11) is 3.34. The van der Waals surface area contributed by atoms with E-state index in [1.54, 1.807) is 0 Å². The molecule has 0 heterocycles. The third-order valence-electron chi connectivity index (χ3n) is 3.83. The number of ether oxygens (including phenoxy) is 1. The van der Waals surface area contributed by atoms with E-state index in [1.165, 1.54) is 12.7 Å². The molecule has 0 radical (unpaired) electrons. The number of nitrogens with one attached hydrogen (secondary N) is 1. The summed E-state index contributed by atoms with van der Waals surface area (Å²) in [5.41, 5.74) is 3.28. The lowest BCUT2D eigenvalue weighted by Gasteiger charge is -2.20. The van der Waals surface area contributed by atoms with Crippen LogP contribution in [0.15, 0.2) is 54.6 Å². The number of benzene rings is 2. The highest BCUT2D eigenvalue weighted by Crippen LogP contribution is 2.17. The van der Waals surface area contributed by atoms with Crippen LogP contribution in [0, 0.1) is 0 Å². The first-order valence-corrected chi connectivity index (χ1v) is 7.75. The fraction of sp³-hybridized carbons (Fsp3) is 0.263. The normalized spacial score (nSPS) is 11.4. The molecule has 24 heavy (non-hydrogen) atoms. The Morgan fingerprint density at radius 2 is 1.79 bits per heavy atom. The second kappa shape index (κ2) is 8.72. The standard InChI is InChI=1S/C19H22N2O3/c1-21(13-16-6-4-3-5-7-16)17-10-8-15(9-11-17)12-18(20-14-22)19(23)24-2/h3-11,14,18H,12-13H2,1-2H3,(H,20,22). The number of nitrogens with zero attached hydrogens (tertiary/aromatic N) is 1. The van der Waals surface area contributed by atoms with E-state index in [1.807, 2.05) is 49.5 Å². The molecule has 0 fully saturated rings. The Balaban J connectivity index is 2.01. The van der Waals surface area contributed by atoms with Crippen LogP contribution in [0.5, 0.6) is 0 Å². The highest BCUT2D eigenvalue weighted by molar-refractivity contribution is 5.78. The first-order chi connectivity index (χ1) is 11.6. The predicted octanol–water partition coefficient (Wildman–Crippen LogP) is 2.15. The van der Waals surface area contributed by atoms with Crippen molar-refractivity contribution in [3.05, 3.63) is 65.7 Å². The van der Waals surface area contributed by atoms with Gasteiger partial charge in [-0.15, -0.1) is 0 Å². The number of anilines is 1. The number of methoxy groups -OCH3 is 1. The number of rotatable bonds is 8. The molecule has 1 N–H and O–H groups in total. The summed E-state index contributed by atoms with van der Waals surface area (Å²) in [6.07, 6.45) is 0.914. The van der Waals surface area contributed by atoms with Gasteiger partial charge >= 0.3 is 5.97 Å². The summed E-state index contributed by atoms with van der Waals surface area (Å²) < 4.78 is 4.70. The van der Waals surface area contributed by atoms with E-state index in [9.17, 15) is 9.59 Å². The molecular formula is C19H22N2O3. The second-order valence-electron chi connectivity index (χ2n) is 5.57. The van der Waals surface area contributed by atoms with E-state index in [4.69, 9.17) is 4.74 Å². The second-order valence-corrected chi connectivity index (χ2v) is 5.57. The van der Waals surface area contributed by atoms with Crippen LogP contribution in [0.1, 0.15) is 11.1 Å². The summed E-state index contributed by atoms with van der Waals surface area (Å²) in [6.45, 7) is 0.817. The summed E-state index contributed by atoms with van der Waals surface area (Å²) in [5, 5.41) is 2.49. The van der Waals surface area contributed by atoms with Gasteiger partial charge in [0.1, 0.15) is 6.04 Å². The van der Waals surface area contributed by atoms with Crippen molar-refractivity contribution in [3.63, 3.8) is 0 Å². The number of hydrogen-bond donors (Lipinski definition) is 1. The van der Waals surface area contributed by atoms with Crippen LogP contribution in [-0.4, -0.2) is 32.6 Å². The first-order valence-electron chi connectivity index (χ1n) is 7.75. The van der Waals surface area contributed by atoms with Gasteiger partial charge in [-0.2, -0.15) is 0 Å². The fourth-order valence-electron chi connectivity index (χ4n) is 2.51. The molecule has 0 spiro atoms. The molecule has 1 unspecified atom stereocenters. The van der Waals surface area contributed by atoms with Gasteiger partial charge in [0, 0.05) is 25.7 Å². The Hall–Kier alpha value is -2.82. The number of carbonyl (C=O) groups excluding carboxylic acids is 2. The van der Waals surface area contributed by atoms with Crippen LogP contribution in [0.3, 0.4) is 0 Å². The van der Waals surface area contributed by atoms with Gasteiger partial charge in [-0.1, -0.05) is 42.5 Å². The third-order valence-corrected chi connectivity index (χ3v) is 3.83. The molecular weight excluding hydrogens is 304 g/mol. The van der Waals surface area contributed by atoms with Crippen LogP contribution >= 0.6 is 0 Å². The zero-order valence-electron chi connectivity index (χ0n) is 13.9. The topological polar surface area (TPSA) is 58.6 Å². The molecule has 0 saturated heterocycles. The Labute approximate surface area is 142 Å². The van der Waals surface area contributed by atoms with Crippen molar-refractivity contribution in [2.75, 3.05) is 19.1 Å². The monoisotopic (exact) mass is 326 g/mol. The Kier molecular flexibility index (Phi) is 6.37. The third kappa shape index (κ3) is 4.84.